The van der Waals surface area contributed by atoms with Crippen LogP contribution in [0.25, 0.3) is 10.9 Å². The van der Waals surface area contributed by atoms with Crippen molar-refractivity contribution >= 4 is 28.6 Å². The maximum Gasteiger partial charge on any atom is 0.251 e. The van der Waals surface area contributed by atoms with Gasteiger partial charge in [-0.3, -0.25) is 4.79 Å². The molecule has 1 fully saturated rings. The zero-order valence-electron chi connectivity index (χ0n) is 19.8. The highest BCUT2D eigenvalue weighted by Crippen LogP contribution is 2.36. The van der Waals surface area contributed by atoms with Gasteiger partial charge in [0.25, 0.3) is 5.91 Å². The number of hydrogen-bond acceptors (Lipinski definition) is 2. The lowest BCUT2D eigenvalue weighted by molar-refractivity contribution is 0.0951. The van der Waals surface area contributed by atoms with Gasteiger partial charge in [0.15, 0.2) is 0 Å². The fraction of sp³-hybridized carbons (Fsp3) is 0.300. The van der Waals surface area contributed by atoms with Crippen LogP contribution in [0, 0.1) is 0 Å². The summed E-state index contributed by atoms with van der Waals surface area (Å²) in [5.41, 5.74) is 5.76. The molecule has 4 aromatic rings. The second-order valence-corrected chi connectivity index (χ2v) is 10.5. The van der Waals surface area contributed by atoms with Crippen LogP contribution in [0.1, 0.15) is 65.8 Å². The summed E-state index contributed by atoms with van der Waals surface area (Å²) >= 11 is 1.83. The molecular weight excluding hydrogens is 436 g/mol. The largest absolute Gasteiger partial charge is 0.348 e. The monoisotopic (exact) mass is 468 g/mol. The first-order valence-electron chi connectivity index (χ1n) is 12.4. The van der Waals surface area contributed by atoms with Crippen LogP contribution in [-0.4, -0.2) is 16.2 Å². The third kappa shape index (κ3) is 5.07. The number of hydrogen-bond donors (Lipinski definition) is 1. The molecule has 1 saturated carbocycles. The van der Waals surface area contributed by atoms with Gasteiger partial charge in [0.05, 0.1) is 0 Å². The Bertz CT molecular complexity index is 1250. The van der Waals surface area contributed by atoms with Crippen molar-refractivity contribution in [3.05, 3.63) is 101 Å². The molecule has 3 nitrogen and oxygen atoms in total. The van der Waals surface area contributed by atoms with Crippen LogP contribution >= 0.6 is 11.8 Å². The molecule has 0 unspecified atom stereocenters. The normalized spacial score (nSPS) is 14.0. The Morgan fingerprint density at radius 1 is 0.941 bits per heavy atom. The van der Waals surface area contributed by atoms with Crippen LogP contribution in [0.5, 0.6) is 0 Å². The summed E-state index contributed by atoms with van der Waals surface area (Å²) in [5.74, 6) is 1.04. The van der Waals surface area contributed by atoms with Gasteiger partial charge in [-0.1, -0.05) is 62.2 Å². The molecule has 1 amide bonds. The summed E-state index contributed by atoms with van der Waals surface area (Å²) < 4.78 is 2.55. The fourth-order valence-corrected chi connectivity index (χ4v) is 5.79. The Hall–Kier alpha value is -2.98. The standard InChI is InChI=1S/C30H32N2OS/c1-2-34-28-15-12-23(13-16-28)21-31-30(33)24-14-17-29-25(19-24)20-27(18-22-8-4-3-5-9-22)32(29)26-10-6-7-11-26/h3-5,8-9,12-17,19-20,26H,2,6-7,10-11,18,21H2,1H3,(H,31,33). The van der Waals surface area contributed by atoms with Gasteiger partial charge in [-0.15, -0.1) is 11.8 Å². The Balaban J connectivity index is 1.37. The number of amides is 1. The fourth-order valence-electron chi connectivity index (χ4n) is 5.12. The van der Waals surface area contributed by atoms with E-state index >= 15 is 0 Å². The van der Waals surface area contributed by atoms with Crippen LogP contribution in [0.15, 0.2) is 83.8 Å². The van der Waals surface area contributed by atoms with Crippen LogP contribution in [0.3, 0.4) is 0 Å². The molecule has 0 radical (unpaired) electrons. The molecule has 3 aromatic carbocycles. The summed E-state index contributed by atoms with van der Waals surface area (Å²) in [6.07, 6.45) is 5.99. The minimum atomic E-state index is -0.0212. The van der Waals surface area contributed by atoms with E-state index in [1.807, 2.05) is 17.8 Å². The predicted molar refractivity (Wildman–Crippen MR) is 143 cm³/mol. The number of thioether (sulfide) groups is 1. The Morgan fingerprint density at radius 3 is 2.44 bits per heavy atom. The number of fused-ring (bicyclic) bond motifs is 1. The highest BCUT2D eigenvalue weighted by molar-refractivity contribution is 7.99. The van der Waals surface area contributed by atoms with E-state index in [2.05, 4.69) is 89.6 Å². The van der Waals surface area contributed by atoms with E-state index in [-0.39, 0.29) is 5.91 Å². The minimum absolute atomic E-state index is 0.0212. The smallest absolute Gasteiger partial charge is 0.251 e. The zero-order valence-corrected chi connectivity index (χ0v) is 20.6. The highest BCUT2D eigenvalue weighted by Gasteiger charge is 2.22. The first-order valence-corrected chi connectivity index (χ1v) is 13.4. The van der Waals surface area contributed by atoms with Gasteiger partial charge < -0.3 is 9.88 Å². The molecule has 1 N–H and O–H groups in total. The van der Waals surface area contributed by atoms with Gasteiger partial charge in [0.2, 0.25) is 0 Å². The molecule has 1 heterocycles. The van der Waals surface area contributed by atoms with Crippen LogP contribution in [0.4, 0.5) is 0 Å². The summed E-state index contributed by atoms with van der Waals surface area (Å²) in [5, 5.41) is 4.25. The summed E-state index contributed by atoms with van der Waals surface area (Å²) in [4.78, 5) is 14.2. The highest BCUT2D eigenvalue weighted by atomic mass is 32.2. The second kappa shape index (κ2) is 10.5. The SMILES string of the molecule is CCSc1ccc(CNC(=O)c2ccc3c(c2)cc(Cc2ccccc2)n3C2CCCC2)cc1. The third-order valence-corrected chi connectivity index (χ3v) is 7.68. The number of rotatable bonds is 8. The maximum absolute atomic E-state index is 12.9. The predicted octanol–water partition coefficient (Wildman–Crippen LogP) is 7.39. The topological polar surface area (TPSA) is 34.0 Å². The number of nitrogens with one attached hydrogen (secondary N) is 1. The Morgan fingerprint density at radius 2 is 1.71 bits per heavy atom. The van der Waals surface area contributed by atoms with E-state index in [4.69, 9.17) is 0 Å². The van der Waals surface area contributed by atoms with Crippen molar-refractivity contribution in [2.45, 2.75) is 56.5 Å². The maximum atomic E-state index is 12.9. The van der Waals surface area contributed by atoms with Crippen molar-refractivity contribution in [2.75, 3.05) is 5.75 Å². The molecule has 1 aliphatic rings. The van der Waals surface area contributed by atoms with Crippen LogP contribution < -0.4 is 5.32 Å². The van der Waals surface area contributed by atoms with Gasteiger partial charge in [0.1, 0.15) is 0 Å². The quantitative estimate of drug-likeness (QED) is 0.274. The minimum Gasteiger partial charge on any atom is -0.348 e. The summed E-state index contributed by atoms with van der Waals surface area (Å²) in [7, 11) is 0. The van der Waals surface area contributed by atoms with Crippen LogP contribution in [-0.2, 0) is 13.0 Å². The Kier molecular flexibility index (Phi) is 7.05. The lowest BCUT2D eigenvalue weighted by Gasteiger charge is -2.18. The zero-order chi connectivity index (χ0) is 23.3. The number of benzene rings is 3. The van der Waals surface area contributed by atoms with Gasteiger partial charge in [-0.2, -0.15) is 0 Å². The average Bonchev–Trinajstić information content (AvgIpc) is 3.51. The van der Waals surface area contributed by atoms with E-state index in [0.29, 0.717) is 12.6 Å². The Labute approximate surface area is 206 Å². The van der Waals surface area contributed by atoms with E-state index in [1.165, 1.54) is 47.4 Å². The molecular formula is C30H32N2OS. The van der Waals surface area contributed by atoms with Gasteiger partial charge in [0, 0.05) is 46.1 Å². The van der Waals surface area contributed by atoms with E-state index in [0.717, 1.165) is 28.7 Å². The third-order valence-electron chi connectivity index (χ3n) is 6.79. The van der Waals surface area contributed by atoms with E-state index in [9.17, 15) is 4.79 Å². The number of aromatic nitrogens is 1. The van der Waals surface area contributed by atoms with Crippen molar-refractivity contribution < 1.29 is 4.79 Å². The molecule has 1 aliphatic carbocycles. The van der Waals surface area contributed by atoms with Crippen molar-refractivity contribution in [1.29, 1.82) is 0 Å². The van der Waals surface area contributed by atoms with Gasteiger partial charge in [-0.05, 0) is 66.1 Å². The molecule has 0 atom stereocenters. The molecule has 34 heavy (non-hydrogen) atoms. The van der Waals surface area contributed by atoms with E-state index in [1.54, 1.807) is 0 Å². The van der Waals surface area contributed by atoms with E-state index < -0.39 is 0 Å². The van der Waals surface area contributed by atoms with Gasteiger partial charge >= 0.3 is 0 Å². The second-order valence-electron chi connectivity index (χ2n) is 9.14. The lowest BCUT2D eigenvalue weighted by Crippen LogP contribution is -2.22. The lowest BCUT2D eigenvalue weighted by atomic mass is 10.1. The van der Waals surface area contributed by atoms with Crippen LogP contribution in [0.2, 0.25) is 0 Å². The number of nitrogens with zero attached hydrogens (tertiary/aromatic N) is 1. The first-order chi connectivity index (χ1) is 16.7. The molecule has 4 heteroatoms. The molecule has 5 rings (SSSR count). The van der Waals surface area contributed by atoms with Crippen molar-refractivity contribution in [3.63, 3.8) is 0 Å². The summed E-state index contributed by atoms with van der Waals surface area (Å²) in [6.45, 7) is 2.69. The average molecular weight is 469 g/mol. The number of carbonyl (C=O) groups excluding carboxylic acids is 1. The molecule has 0 bridgehead atoms. The van der Waals surface area contributed by atoms with Crippen molar-refractivity contribution in [1.82, 2.24) is 9.88 Å². The summed E-state index contributed by atoms with van der Waals surface area (Å²) in [6, 6.07) is 28.2. The van der Waals surface area contributed by atoms with Gasteiger partial charge in [-0.25, -0.2) is 0 Å². The molecule has 0 saturated heterocycles. The molecule has 0 aliphatic heterocycles. The molecule has 1 aromatic heterocycles. The number of carbonyl (C=O) groups is 1. The van der Waals surface area contributed by atoms with Crippen molar-refractivity contribution in [2.24, 2.45) is 0 Å². The van der Waals surface area contributed by atoms with Crippen molar-refractivity contribution in [3.8, 4) is 0 Å². The first kappa shape index (κ1) is 22.8. The molecule has 174 valence electrons. The molecule has 0 spiro atoms.